The summed E-state index contributed by atoms with van der Waals surface area (Å²) in [5, 5.41) is 1.84. The zero-order valence-corrected chi connectivity index (χ0v) is 13.1. The molecule has 2 N–H and O–H groups in total. The molecule has 0 amide bonds. The molecule has 0 bridgehead atoms. The first kappa shape index (κ1) is 14.9. The molecule has 0 radical (unpaired) electrons. The molecule has 2 unspecified atom stereocenters. The van der Waals surface area contributed by atoms with E-state index in [-0.39, 0.29) is 18.7 Å². The molecule has 0 aliphatic carbocycles. The number of nitrogens with two attached hydrogens (primary N) is 1. The van der Waals surface area contributed by atoms with Crippen LogP contribution in [-0.4, -0.2) is 38.5 Å². The second kappa shape index (κ2) is 5.49. The minimum Gasteiger partial charge on any atom is -0.377 e. The average Bonchev–Trinajstić information content (AvgIpc) is 2.94. The van der Waals surface area contributed by atoms with Crippen molar-refractivity contribution in [3.8, 4) is 0 Å². The lowest BCUT2D eigenvalue weighted by Crippen LogP contribution is -2.41. The number of hydrogen-bond acceptors (Lipinski definition) is 5. The van der Waals surface area contributed by atoms with Crippen LogP contribution in [0.1, 0.15) is 23.8 Å². The summed E-state index contributed by atoms with van der Waals surface area (Å²) in [6.45, 7) is 4.58. The zero-order chi connectivity index (χ0) is 14.2. The highest BCUT2D eigenvalue weighted by Gasteiger charge is 2.37. The van der Waals surface area contributed by atoms with E-state index in [2.05, 4.69) is 0 Å². The van der Waals surface area contributed by atoms with E-state index in [0.29, 0.717) is 11.5 Å². The summed E-state index contributed by atoms with van der Waals surface area (Å²) in [4.78, 5) is 1.09. The molecule has 1 fully saturated rings. The lowest BCUT2D eigenvalue weighted by Gasteiger charge is -2.26. The van der Waals surface area contributed by atoms with Crippen molar-refractivity contribution in [2.45, 2.75) is 43.9 Å². The van der Waals surface area contributed by atoms with Gasteiger partial charge in [0.05, 0.1) is 12.1 Å². The zero-order valence-electron chi connectivity index (χ0n) is 11.4. The van der Waals surface area contributed by atoms with Gasteiger partial charge in [0.2, 0.25) is 10.0 Å². The fourth-order valence-corrected chi connectivity index (χ4v) is 5.59. The molecule has 2 rings (SSSR count). The maximum absolute atomic E-state index is 12.7. The third-order valence-electron chi connectivity index (χ3n) is 3.62. The normalized spacial score (nSPS) is 24.3. The highest BCUT2D eigenvalue weighted by molar-refractivity contribution is 7.89. The highest BCUT2D eigenvalue weighted by atomic mass is 32.2. The van der Waals surface area contributed by atoms with Gasteiger partial charge in [0.15, 0.2) is 0 Å². The van der Waals surface area contributed by atoms with Gasteiger partial charge in [-0.05, 0) is 31.2 Å². The minimum atomic E-state index is -3.50. The van der Waals surface area contributed by atoms with Crippen molar-refractivity contribution < 1.29 is 13.2 Å². The van der Waals surface area contributed by atoms with Crippen molar-refractivity contribution in [1.82, 2.24) is 4.31 Å². The number of aryl methyl sites for hydroxylation is 1. The van der Waals surface area contributed by atoms with Crippen molar-refractivity contribution in [3.05, 3.63) is 15.8 Å². The number of rotatable bonds is 4. The third-order valence-corrected chi connectivity index (χ3v) is 6.98. The monoisotopic (exact) mass is 304 g/mol. The second-order valence-corrected chi connectivity index (χ2v) is 7.73. The summed E-state index contributed by atoms with van der Waals surface area (Å²) in [6.07, 6.45) is 0.665. The Morgan fingerprint density at radius 3 is 2.79 bits per heavy atom. The van der Waals surface area contributed by atoms with Crippen LogP contribution in [0.15, 0.2) is 10.3 Å². The van der Waals surface area contributed by atoms with Crippen LogP contribution in [0.5, 0.6) is 0 Å². The molecule has 0 spiro atoms. The lowest BCUT2D eigenvalue weighted by molar-refractivity contribution is 0.102. The maximum atomic E-state index is 12.7. The van der Waals surface area contributed by atoms with Gasteiger partial charge < -0.3 is 10.5 Å². The summed E-state index contributed by atoms with van der Waals surface area (Å²) in [7, 11) is -1.87. The molecule has 2 atom stereocenters. The fraction of sp³-hybridized carbons (Fsp3) is 0.667. The Labute approximate surface area is 118 Å². The molecular formula is C12H20N2O3S2. The molecule has 19 heavy (non-hydrogen) atoms. The van der Waals surface area contributed by atoms with E-state index >= 15 is 0 Å². The van der Waals surface area contributed by atoms with E-state index < -0.39 is 10.0 Å². The van der Waals surface area contributed by atoms with E-state index in [9.17, 15) is 8.42 Å². The maximum Gasteiger partial charge on any atom is 0.244 e. The standard InChI is InChI=1S/C12H20N2O3S2/c1-8-7-18-11(6-13)12(8)19(15,16)14(3)10-4-5-17-9(10)2/h7,9-10H,4-6,13H2,1-3H3. The van der Waals surface area contributed by atoms with Crippen LogP contribution in [0.4, 0.5) is 0 Å². The first-order valence-electron chi connectivity index (χ1n) is 6.26. The van der Waals surface area contributed by atoms with E-state index in [4.69, 9.17) is 10.5 Å². The largest absolute Gasteiger partial charge is 0.377 e. The summed E-state index contributed by atoms with van der Waals surface area (Å²) < 4.78 is 32.4. The van der Waals surface area contributed by atoms with Crippen LogP contribution in [0.2, 0.25) is 0 Å². The number of nitrogens with zero attached hydrogens (tertiary/aromatic N) is 1. The Balaban J connectivity index is 2.39. The van der Waals surface area contributed by atoms with Gasteiger partial charge in [-0.3, -0.25) is 0 Å². The van der Waals surface area contributed by atoms with Gasteiger partial charge in [0.1, 0.15) is 4.90 Å². The third kappa shape index (κ3) is 2.57. The predicted molar refractivity (Wildman–Crippen MR) is 75.7 cm³/mol. The quantitative estimate of drug-likeness (QED) is 0.910. The molecule has 5 nitrogen and oxygen atoms in total. The van der Waals surface area contributed by atoms with Crippen molar-refractivity contribution in [2.24, 2.45) is 5.73 Å². The van der Waals surface area contributed by atoms with E-state index in [1.165, 1.54) is 15.6 Å². The molecule has 1 aliphatic heterocycles. The molecule has 108 valence electrons. The van der Waals surface area contributed by atoms with Gasteiger partial charge in [-0.15, -0.1) is 11.3 Å². The van der Waals surface area contributed by atoms with E-state index in [0.717, 1.165) is 16.9 Å². The van der Waals surface area contributed by atoms with Gasteiger partial charge in [0.25, 0.3) is 0 Å². The summed E-state index contributed by atoms with van der Waals surface area (Å²) >= 11 is 1.40. The number of thiophene rings is 1. The summed E-state index contributed by atoms with van der Waals surface area (Å²) in [5.41, 5.74) is 6.41. The van der Waals surface area contributed by atoms with Crippen molar-refractivity contribution in [3.63, 3.8) is 0 Å². The molecule has 2 heterocycles. The first-order chi connectivity index (χ1) is 8.89. The average molecular weight is 304 g/mol. The minimum absolute atomic E-state index is 0.0694. The van der Waals surface area contributed by atoms with Crippen molar-refractivity contribution in [1.29, 1.82) is 0 Å². The number of hydrogen-bond donors (Lipinski definition) is 1. The number of likely N-dealkylation sites (N-methyl/N-ethyl adjacent to an activating group) is 1. The molecule has 0 aromatic carbocycles. The molecule has 1 aromatic rings. The molecule has 1 aromatic heterocycles. The van der Waals surface area contributed by atoms with Gasteiger partial charge in [-0.1, -0.05) is 0 Å². The Bertz CT molecular complexity index is 553. The van der Waals surface area contributed by atoms with E-state index in [1.807, 2.05) is 19.2 Å². The van der Waals surface area contributed by atoms with Gasteiger partial charge in [-0.2, -0.15) is 4.31 Å². The van der Waals surface area contributed by atoms with Crippen LogP contribution < -0.4 is 5.73 Å². The molecule has 1 aliphatic rings. The number of ether oxygens (including phenoxy) is 1. The summed E-state index contributed by atoms with van der Waals surface area (Å²) in [5.74, 6) is 0. The molecule has 1 saturated heterocycles. The SMILES string of the molecule is Cc1csc(CN)c1S(=O)(=O)N(C)C1CCOC1C. The predicted octanol–water partition coefficient (Wildman–Crippen LogP) is 1.31. The Morgan fingerprint density at radius 1 is 1.58 bits per heavy atom. The van der Waals surface area contributed by atoms with Gasteiger partial charge in [-0.25, -0.2) is 8.42 Å². The molecular weight excluding hydrogens is 284 g/mol. The number of sulfonamides is 1. The molecule has 0 saturated carbocycles. The second-order valence-electron chi connectivity index (χ2n) is 4.83. The van der Waals surface area contributed by atoms with E-state index in [1.54, 1.807) is 7.05 Å². The van der Waals surface area contributed by atoms with Gasteiger partial charge >= 0.3 is 0 Å². The molecule has 7 heteroatoms. The van der Waals surface area contributed by atoms with Crippen LogP contribution in [0.3, 0.4) is 0 Å². The Kier molecular flexibility index (Phi) is 4.32. The lowest BCUT2D eigenvalue weighted by atomic mass is 10.2. The fourth-order valence-electron chi connectivity index (χ4n) is 2.49. The Morgan fingerprint density at radius 2 is 2.26 bits per heavy atom. The first-order valence-corrected chi connectivity index (χ1v) is 8.58. The summed E-state index contributed by atoms with van der Waals surface area (Å²) in [6, 6.07) is -0.102. The smallest absolute Gasteiger partial charge is 0.244 e. The van der Waals surface area contributed by atoms with Gasteiger partial charge in [0, 0.05) is 25.1 Å². The topological polar surface area (TPSA) is 72.6 Å². The van der Waals surface area contributed by atoms with Crippen molar-refractivity contribution in [2.75, 3.05) is 13.7 Å². The van der Waals surface area contributed by atoms with Crippen LogP contribution in [0.25, 0.3) is 0 Å². The van der Waals surface area contributed by atoms with Crippen LogP contribution in [0, 0.1) is 6.92 Å². The Hall–Kier alpha value is -0.470. The van der Waals surface area contributed by atoms with Crippen LogP contribution in [-0.2, 0) is 21.3 Å². The van der Waals surface area contributed by atoms with Crippen LogP contribution >= 0.6 is 11.3 Å². The highest BCUT2D eigenvalue weighted by Crippen LogP contribution is 2.31. The van der Waals surface area contributed by atoms with Crippen molar-refractivity contribution >= 4 is 21.4 Å².